The molecule has 100 valence electrons. The van der Waals surface area contributed by atoms with Gasteiger partial charge in [0, 0.05) is 6.54 Å². The second-order valence-electron chi connectivity index (χ2n) is 4.00. The number of rotatable bonds is 4. The lowest BCUT2D eigenvalue weighted by molar-refractivity contribution is 0.0736. The second kappa shape index (κ2) is 6.02. The van der Waals surface area contributed by atoms with Crippen LogP contribution >= 0.6 is 15.9 Å². The van der Waals surface area contributed by atoms with Gasteiger partial charge in [0.2, 0.25) is 0 Å². The maximum absolute atomic E-state index is 13.9. The predicted molar refractivity (Wildman–Crippen MR) is 73.2 cm³/mol. The Balaban J connectivity index is 2.23. The molecule has 0 atom stereocenters. The molecule has 0 unspecified atom stereocenters. The molecule has 0 saturated carbocycles. The molecule has 5 heteroatoms. The summed E-state index contributed by atoms with van der Waals surface area (Å²) in [5, 5.41) is 0. The maximum atomic E-state index is 13.9. The van der Waals surface area contributed by atoms with Gasteiger partial charge in [-0.25, -0.2) is 4.39 Å². The van der Waals surface area contributed by atoms with E-state index in [1.807, 2.05) is 6.92 Å². The fraction of sp³-hybridized carbons (Fsp3) is 0.214. The third-order valence-corrected chi connectivity index (χ3v) is 3.39. The quantitative estimate of drug-likeness (QED) is 0.855. The van der Waals surface area contributed by atoms with Crippen molar-refractivity contribution in [3.63, 3.8) is 0 Å². The number of hydrogen-bond acceptors (Lipinski definition) is 2. The number of carbonyl (C=O) groups excluding carboxylic acids is 1. The number of benzene rings is 1. The lowest BCUT2D eigenvalue weighted by atomic mass is 10.2. The molecule has 19 heavy (non-hydrogen) atoms. The van der Waals surface area contributed by atoms with Gasteiger partial charge in [-0.15, -0.1) is 0 Å². The molecule has 0 saturated heterocycles. The van der Waals surface area contributed by atoms with Gasteiger partial charge in [0.1, 0.15) is 11.6 Å². The van der Waals surface area contributed by atoms with Crippen molar-refractivity contribution in [3.8, 4) is 0 Å². The van der Waals surface area contributed by atoms with Gasteiger partial charge in [0.05, 0.1) is 22.8 Å². The molecule has 0 N–H and O–H groups in total. The van der Waals surface area contributed by atoms with Gasteiger partial charge >= 0.3 is 0 Å². The minimum Gasteiger partial charge on any atom is -0.467 e. The van der Waals surface area contributed by atoms with Gasteiger partial charge in [-0.1, -0.05) is 6.07 Å². The lowest BCUT2D eigenvalue weighted by Gasteiger charge is -2.20. The van der Waals surface area contributed by atoms with Crippen LogP contribution in [0.15, 0.2) is 45.5 Å². The Labute approximate surface area is 119 Å². The number of carbonyl (C=O) groups is 1. The van der Waals surface area contributed by atoms with Gasteiger partial charge in [0.15, 0.2) is 0 Å². The van der Waals surface area contributed by atoms with E-state index in [0.29, 0.717) is 18.8 Å². The van der Waals surface area contributed by atoms with E-state index in [-0.39, 0.29) is 15.9 Å². The van der Waals surface area contributed by atoms with Gasteiger partial charge in [-0.2, -0.15) is 0 Å². The zero-order valence-electron chi connectivity index (χ0n) is 10.4. The van der Waals surface area contributed by atoms with E-state index in [0.717, 1.165) is 0 Å². The molecule has 0 bridgehead atoms. The van der Waals surface area contributed by atoms with Crippen LogP contribution in [0, 0.1) is 5.82 Å². The van der Waals surface area contributed by atoms with Crippen molar-refractivity contribution < 1.29 is 13.6 Å². The summed E-state index contributed by atoms with van der Waals surface area (Å²) in [4.78, 5) is 13.8. The third kappa shape index (κ3) is 3.04. The summed E-state index contributed by atoms with van der Waals surface area (Å²) in [5.74, 6) is -0.214. The Morgan fingerprint density at radius 2 is 2.16 bits per heavy atom. The van der Waals surface area contributed by atoms with Gasteiger partial charge in [-0.3, -0.25) is 4.79 Å². The van der Waals surface area contributed by atoms with E-state index in [1.54, 1.807) is 30.5 Å². The first-order valence-corrected chi connectivity index (χ1v) is 6.68. The molecule has 3 nitrogen and oxygen atoms in total. The monoisotopic (exact) mass is 325 g/mol. The van der Waals surface area contributed by atoms with Crippen LogP contribution in [-0.2, 0) is 6.54 Å². The molecule has 0 aliphatic heterocycles. The van der Waals surface area contributed by atoms with E-state index in [1.165, 1.54) is 11.0 Å². The van der Waals surface area contributed by atoms with E-state index >= 15 is 0 Å². The minimum atomic E-state index is -0.537. The number of halogens is 2. The van der Waals surface area contributed by atoms with Crippen LogP contribution in [0.1, 0.15) is 23.0 Å². The Morgan fingerprint density at radius 1 is 1.37 bits per heavy atom. The van der Waals surface area contributed by atoms with Crippen molar-refractivity contribution in [1.82, 2.24) is 4.90 Å². The summed E-state index contributed by atoms with van der Waals surface area (Å²) >= 11 is 3.08. The Bertz CT molecular complexity index is 569. The minimum absolute atomic E-state index is 0.0581. The van der Waals surface area contributed by atoms with E-state index in [4.69, 9.17) is 4.42 Å². The molecule has 2 aromatic rings. The van der Waals surface area contributed by atoms with Crippen LogP contribution in [0.3, 0.4) is 0 Å². The van der Waals surface area contributed by atoms with E-state index in [9.17, 15) is 9.18 Å². The molecule has 1 heterocycles. The smallest absolute Gasteiger partial charge is 0.257 e. The summed E-state index contributed by atoms with van der Waals surface area (Å²) in [6.07, 6.45) is 1.55. The molecular weight excluding hydrogens is 313 g/mol. The molecule has 0 spiro atoms. The first-order chi connectivity index (χ1) is 9.13. The van der Waals surface area contributed by atoms with Crippen molar-refractivity contribution in [2.45, 2.75) is 13.5 Å². The lowest BCUT2D eigenvalue weighted by Crippen LogP contribution is -2.30. The molecule has 0 radical (unpaired) electrons. The van der Waals surface area contributed by atoms with E-state index < -0.39 is 5.82 Å². The average Bonchev–Trinajstić information content (AvgIpc) is 2.91. The SMILES string of the molecule is CCN(Cc1ccco1)C(=O)c1cccc(Br)c1F. The fourth-order valence-electron chi connectivity index (χ4n) is 1.76. The second-order valence-corrected chi connectivity index (χ2v) is 4.85. The Kier molecular flexibility index (Phi) is 4.37. The van der Waals surface area contributed by atoms with Crippen LogP contribution in [0.25, 0.3) is 0 Å². The predicted octanol–water partition coefficient (Wildman–Crippen LogP) is 3.84. The third-order valence-electron chi connectivity index (χ3n) is 2.78. The molecular formula is C14H13BrFNO2. The van der Waals surface area contributed by atoms with Crippen LogP contribution in [0.5, 0.6) is 0 Å². The molecule has 1 aromatic carbocycles. The van der Waals surface area contributed by atoms with Crippen LogP contribution in [0.2, 0.25) is 0 Å². The van der Waals surface area contributed by atoms with Crippen molar-refractivity contribution in [1.29, 1.82) is 0 Å². The highest BCUT2D eigenvalue weighted by molar-refractivity contribution is 9.10. The highest BCUT2D eigenvalue weighted by atomic mass is 79.9. The number of hydrogen-bond donors (Lipinski definition) is 0. The zero-order chi connectivity index (χ0) is 13.8. The summed E-state index contributed by atoms with van der Waals surface area (Å²) < 4.78 is 19.4. The molecule has 1 amide bonds. The zero-order valence-corrected chi connectivity index (χ0v) is 12.0. The highest BCUT2D eigenvalue weighted by Crippen LogP contribution is 2.20. The van der Waals surface area contributed by atoms with Crippen molar-refractivity contribution in [2.75, 3.05) is 6.54 Å². The molecule has 2 rings (SSSR count). The summed E-state index contributed by atoms with van der Waals surface area (Å²) in [6.45, 7) is 2.65. The largest absolute Gasteiger partial charge is 0.467 e. The van der Waals surface area contributed by atoms with Crippen LogP contribution < -0.4 is 0 Å². The van der Waals surface area contributed by atoms with Crippen molar-refractivity contribution in [2.24, 2.45) is 0 Å². The maximum Gasteiger partial charge on any atom is 0.257 e. The van der Waals surface area contributed by atoms with Crippen LogP contribution in [-0.4, -0.2) is 17.4 Å². The van der Waals surface area contributed by atoms with Crippen molar-refractivity contribution >= 4 is 21.8 Å². The highest BCUT2D eigenvalue weighted by Gasteiger charge is 2.20. The Morgan fingerprint density at radius 3 is 2.79 bits per heavy atom. The van der Waals surface area contributed by atoms with Gasteiger partial charge < -0.3 is 9.32 Å². The summed E-state index contributed by atoms with van der Waals surface area (Å²) in [5.41, 5.74) is 0.0581. The first kappa shape index (κ1) is 13.8. The standard InChI is InChI=1S/C14H13BrFNO2/c1-2-17(9-10-5-4-8-19-10)14(18)11-6-3-7-12(15)13(11)16/h3-8H,2,9H2,1H3. The molecule has 0 fully saturated rings. The van der Waals surface area contributed by atoms with Gasteiger partial charge in [-0.05, 0) is 47.1 Å². The van der Waals surface area contributed by atoms with Crippen LogP contribution in [0.4, 0.5) is 4.39 Å². The van der Waals surface area contributed by atoms with Crippen molar-refractivity contribution in [3.05, 3.63) is 58.2 Å². The van der Waals surface area contributed by atoms with Gasteiger partial charge in [0.25, 0.3) is 5.91 Å². The fourth-order valence-corrected chi connectivity index (χ4v) is 2.12. The first-order valence-electron chi connectivity index (χ1n) is 5.89. The summed E-state index contributed by atoms with van der Waals surface area (Å²) in [7, 11) is 0. The Hall–Kier alpha value is -1.62. The molecule has 0 aliphatic rings. The topological polar surface area (TPSA) is 33.5 Å². The number of furan rings is 1. The number of amides is 1. The molecule has 0 aliphatic carbocycles. The van der Waals surface area contributed by atoms with E-state index in [2.05, 4.69) is 15.9 Å². The number of nitrogens with zero attached hydrogens (tertiary/aromatic N) is 1. The normalized spacial score (nSPS) is 10.5. The summed E-state index contributed by atoms with van der Waals surface area (Å²) in [6, 6.07) is 8.23. The average molecular weight is 326 g/mol. The molecule has 1 aromatic heterocycles.